The van der Waals surface area contributed by atoms with Gasteiger partial charge in [0.2, 0.25) is 10.0 Å². The van der Waals surface area contributed by atoms with Crippen molar-refractivity contribution in [2.75, 3.05) is 33.0 Å². The number of carbonyl (C=O) groups excluding carboxylic acids is 1. The minimum Gasteiger partial charge on any atom is -0.493 e. The van der Waals surface area contributed by atoms with Gasteiger partial charge in [0.1, 0.15) is 5.75 Å². The summed E-state index contributed by atoms with van der Waals surface area (Å²) in [4.78, 5) is 14.2. The van der Waals surface area contributed by atoms with Crippen LogP contribution in [0.5, 0.6) is 5.75 Å². The summed E-state index contributed by atoms with van der Waals surface area (Å²) in [6.07, 6.45) is 6.71. The molecule has 2 aromatic rings. The zero-order chi connectivity index (χ0) is 23.1. The Hall–Kier alpha value is -2.87. The molecule has 0 heterocycles. The SMILES string of the molecule is C#CCNS(=O)(=O)c1ccc(C(=O)N(C)CCCOc2cccc(S(C)(=O)=O)c2)cc1. The van der Waals surface area contributed by atoms with Crippen LogP contribution in [-0.4, -0.2) is 60.6 Å². The van der Waals surface area contributed by atoms with Crippen molar-refractivity contribution in [3.63, 3.8) is 0 Å². The highest BCUT2D eigenvalue weighted by molar-refractivity contribution is 7.90. The van der Waals surface area contributed by atoms with Gasteiger partial charge in [0.25, 0.3) is 5.91 Å². The number of amides is 1. The van der Waals surface area contributed by atoms with Crippen LogP contribution >= 0.6 is 0 Å². The van der Waals surface area contributed by atoms with Gasteiger partial charge in [-0.3, -0.25) is 4.79 Å². The van der Waals surface area contributed by atoms with Crippen molar-refractivity contribution in [1.82, 2.24) is 9.62 Å². The number of hydrogen-bond acceptors (Lipinski definition) is 6. The highest BCUT2D eigenvalue weighted by Crippen LogP contribution is 2.17. The molecule has 0 atom stereocenters. The molecular formula is C21H24N2O6S2. The summed E-state index contributed by atoms with van der Waals surface area (Å²) in [7, 11) is -5.39. The van der Waals surface area contributed by atoms with E-state index in [-0.39, 0.29) is 22.2 Å². The molecule has 0 fully saturated rings. The molecule has 0 spiro atoms. The predicted molar refractivity (Wildman–Crippen MR) is 117 cm³/mol. The van der Waals surface area contributed by atoms with Gasteiger partial charge in [0.05, 0.1) is 22.9 Å². The second kappa shape index (κ2) is 10.4. The summed E-state index contributed by atoms with van der Waals surface area (Å²) >= 11 is 0. The fourth-order valence-corrected chi connectivity index (χ4v) is 4.20. The van der Waals surface area contributed by atoms with E-state index >= 15 is 0 Å². The zero-order valence-corrected chi connectivity index (χ0v) is 18.9. The molecular weight excluding hydrogens is 440 g/mol. The van der Waals surface area contributed by atoms with Gasteiger partial charge in [-0.2, -0.15) is 4.72 Å². The third-order valence-electron chi connectivity index (χ3n) is 4.26. The maximum atomic E-state index is 12.5. The summed E-state index contributed by atoms with van der Waals surface area (Å²) < 4.78 is 55.1. The number of carbonyl (C=O) groups is 1. The Kier molecular flexibility index (Phi) is 8.21. The molecule has 1 N–H and O–H groups in total. The van der Waals surface area contributed by atoms with Gasteiger partial charge in [0, 0.05) is 25.4 Å². The lowest BCUT2D eigenvalue weighted by Crippen LogP contribution is -2.29. The molecule has 0 bridgehead atoms. The number of hydrogen-bond donors (Lipinski definition) is 1. The zero-order valence-electron chi connectivity index (χ0n) is 17.2. The maximum Gasteiger partial charge on any atom is 0.253 e. The van der Waals surface area contributed by atoms with Crippen LogP contribution in [0.2, 0.25) is 0 Å². The third kappa shape index (κ3) is 7.10. The Bertz CT molecular complexity index is 1170. The summed E-state index contributed by atoms with van der Waals surface area (Å²) in [6.45, 7) is 0.573. The maximum absolute atomic E-state index is 12.5. The van der Waals surface area contributed by atoms with E-state index in [0.717, 1.165) is 6.26 Å². The Morgan fingerprint density at radius 3 is 2.39 bits per heavy atom. The number of sulfone groups is 1. The molecule has 31 heavy (non-hydrogen) atoms. The van der Waals surface area contributed by atoms with Gasteiger partial charge in [-0.05, 0) is 48.9 Å². The molecule has 2 rings (SSSR count). The van der Waals surface area contributed by atoms with Gasteiger partial charge in [-0.1, -0.05) is 12.0 Å². The highest BCUT2D eigenvalue weighted by atomic mass is 32.2. The van der Waals surface area contributed by atoms with E-state index in [9.17, 15) is 21.6 Å². The van der Waals surface area contributed by atoms with Gasteiger partial charge in [0.15, 0.2) is 9.84 Å². The van der Waals surface area contributed by atoms with Crippen molar-refractivity contribution in [2.45, 2.75) is 16.2 Å². The molecule has 0 saturated carbocycles. The normalized spacial score (nSPS) is 11.5. The van der Waals surface area contributed by atoms with Crippen LogP contribution in [0, 0.1) is 12.3 Å². The fourth-order valence-electron chi connectivity index (χ4n) is 2.60. The minimum atomic E-state index is -3.71. The molecule has 0 saturated heterocycles. The van der Waals surface area contributed by atoms with Crippen LogP contribution in [0.4, 0.5) is 0 Å². The van der Waals surface area contributed by atoms with E-state index in [2.05, 4.69) is 10.6 Å². The molecule has 10 heteroatoms. The Morgan fingerprint density at radius 1 is 1.10 bits per heavy atom. The molecule has 0 aliphatic heterocycles. The number of nitrogens with one attached hydrogen (secondary N) is 1. The first-order valence-corrected chi connectivity index (χ1v) is 12.6. The molecule has 0 aliphatic rings. The van der Waals surface area contributed by atoms with Crippen molar-refractivity contribution in [2.24, 2.45) is 0 Å². The van der Waals surface area contributed by atoms with Gasteiger partial charge in [-0.15, -0.1) is 6.42 Å². The van der Waals surface area contributed by atoms with Crippen LogP contribution in [0.1, 0.15) is 16.8 Å². The number of sulfonamides is 1. The van der Waals surface area contributed by atoms with E-state index in [1.165, 1.54) is 41.3 Å². The van der Waals surface area contributed by atoms with Gasteiger partial charge in [-0.25, -0.2) is 16.8 Å². The quantitative estimate of drug-likeness (QED) is 0.422. The van der Waals surface area contributed by atoms with Crippen LogP contribution < -0.4 is 9.46 Å². The molecule has 0 radical (unpaired) electrons. The first-order valence-electron chi connectivity index (χ1n) is 9.26. The molecule has 0 unspecified atom stereocenters. The van der Waals surface area contributed by atoms with Crippen LogP contribution in [-0.2, 0) is 19.9 Å². The molecule has 0 aliphatic carbocycles. The Balaban J connectivity index is 1.88. The van der Waals surface area contributed by atoms with Crippen molar-refractivity contribution >= 4 is 25.8 Å². The molecule has 8 nitrogen and oxygen atoms in total. The largest absolute Gasteiger partial charge is 0.493 e. The summed E-state index contributed by atoms with van der Waals surface area (Å²) in [5.74, 6) is 2.37. The average molecular weight is 465 g/mol. The molecule has 2 aromatic carbocycles. The number of benzene rings is 2. The van der Waals surface area contributed by atoms with Crippen LogP contribution in [0.3, 0.4) is 0 Å². The molecule has 1 amide bonds. The number of nitrogens with zero attached hydrogens (tertiary/aromatic N) is 1. The standard InChI is InChI=1S/C21H24N2O6S2/c1-4-13-22-31(27,28)19-11-9-17(10-12-19)21(24)23(2)14-6-15-29-18-7-5-8-20(16-18)30(3,25)26/h1,5,7-12,16,22H,6,13-15H2,2-3H3. The summed E-state index contributed by atoms with van der Waals surface area (Å²) in [6, 6.07) is 11.8. The summed E-state index contributed by atoms with van der Waals surface area (Å²) in [5.41, 5.74) is 0.347. The smallest absolute Gasteiger partial charge is 0.253 e. The molecule has 166 valence electrons. The van der Waals surface area contributed by atoms with E-state index < -0.39 is 19.9 Å². The van der Waals surface area contributed by atoms with E-state index in [1.807, 2.05) is 0 Å². The van der Waals surface area contributed by atoms with Crippen molar-refractivity contribution in [1.29, 1.82) is 0 Å². The predicted octanol–water partition coefficient (Wildman–Crippen LogP) is 1.54. The number of rotatable bonds is 10. The van der Waals surface area contributed by atoms with E-state index in [0.29, 0.717) is 30.9 Å². The Morgan fingerprint density at radius 2 is 1.77 bits per heavy atom. The second-order valence-corrected chi connectivity index (χ2v) is 10.5. The average Bonchev–Trinajstić information content (AvgIpc) is 2.74. The van der Waals surface area contributed by atoms with Gasteiger partial charge < -0.3 is 9.64 Å². The first kappa shape index (κ1) is 24.4. The fraction of sp³-hybridized carbons (Fsp3) is 0.286. The number of terminal acetylenes is 1. The van der Waals surface area contributed by atoms with Gasteiger partial charge >= 0.3 is 0 Å². The topological polar surface area (TPSA) is 110 Å². The van der Waals surface area contributed by atoms with Crippen molar-refractivity contribution in [3.05, 3.63) is 54.1 Å². The number of ether oxygens (including phenoxy) is 1. The summed E-state index contributed by atoms with van der Waals surface area (Å²) in [5, 5.41) is 0. The van der Waals surface area contributed by atoms with Crippen LogP contribution in [0.25, 0.3) is 0 Å². The third-order valence-corrected chi connectivity index (χ3v) is 6.79. The lowest BCUT2D eigenvalue weighted by molar-refractivity contribution is 0.0787. The van der Waals surface area contributed by atoms with Crippen LogP contribution in [0.15, 0.2) is 58.3 Å². The lowest BCUT2D eigenvalue weighted by Gasteiger charge is -2.17. The lowest BCUT2D eigenvalue weighted by atomic mass is 10.2. The Labute approximate surface area is 183 Å². The monoisotopic (exact) mass is 464 g/mol. The first-order chi connectivity index (χ1) is 14.5. The van der Waals surface area contributed by atoms with E-state index in [1.54, 1.807) is 19.2 Å². The second-order valence-electron chi connectivity index (χ2n) is 6.73. The van der Waals surface area contributed by atoms with Crippen molar-refractivity contribution < 1.29 is 26.4 Å². The molecule has 0 aromatic heterocycles. The van der Waals surface area contributed by atoms with E-state index in [4.69, 9.17) is 11.2 Å². The van der Waals surface area contributed by atoms with Crippen molar-refractivity contribution in [3.8, 4) is 18.1 Å². The minimum absolute atomic E-state index is 0.0201. The highest BCUT2D eigenvalue weighted by Gasteiger charge is 2.16.